The zero-order valence-corrected chi connectivity index (χ0v) is 13.2. The molecule has 5 heteroatoms. The van der Waals surface area contributed by atoms with E-state index in [0.29, 0.717) is 11.7 Å². The molecule has 0 fully saturated rings. The van der Waals surface area contributed by atoms with Crippen molar-refractivity contribution < 1.29 is 5.11 Å². The minimum atomic E-state index is -0.231. The lowest BCUT2D eigenvalue weighted by Crippen LogP contribution is -2.36. The van der Waals surface area contributed by atoms with Crippen molar-refractivity contribution in [2.75, 3.05) is 6.61 Å². The number of aromatic nitrogens is 1. The fourth-order valence-electron chi connectivity index (χ4n) is 2.04. The van der Waals surface area contributed by atoms with Gasteiger partial charge in [0.05, 0.1) is 6.61 Å². The Labute approximate surface area is 128 Å². The van der Waals surface area contributed by atoms with Crippen LogP contribution in [0.2, 0.25) is 5.15 Å². The van der Waals surface area contributed by atoms with Crippen molar-refractivity contribution in [2.24, 2.45) is 5.41 Å². The van der Waals surface area contributed by atoms with E-state index in [0.717, 1.165) is 5.56 Å². The summed E-state index contributed by atoms with van der Waals surface area (Å²) < 4.78 is 0. The molecule has 0 saturated carbocycles. The summed E-state index contributed by atoms with van der Waals surface area (Å²) in [5, 5.41) is 15.7. The molecule has 108 valence electrons. The Hall–Kier alpha value is -0.940. The Kier molecular flexibility index (Phi) is 5.16. The van der Waals surface area contributed by atoms with Gasteiger partial charge in [-0.15, -0.1) is 11.3 Å². The number of pyridine rings is 1. The van der Waals surface area contributed by atoms with Crippen LogP contribution in [0.15, 0.2) is 35.8 Å². The van der Waals surface area contributed by atoms with E-state index in [-0.39, 0.29) is 18.1 Å². The summed E-state index contributed by atoms with van der Waals surface area (Å²) in [6, 6.07) is 7.98. The predicted octanol–water partition coefficient (Wildman–Crippen LogP) is 3.65. The van der Waals surface area contributed by atoms with Gasteiger partial charge in [-0.1, -0.05) is 37.6 Å². The molecule has 0 unspecified atom stereocenters. The Morgan fingerprint density at radius 1 is 1.40 bits per heavy atom. The van der Waals surface area contributed by atoms with Crippen LogP contribution >= 0.6 is 22.9 Å². The summed E-state index contributed by atoms with van der Waals surface area (Å²) >= 11 is 7.49. The number of thiophene rings is 1. The van der Waals surface area contributed by atoms with E-state index < -0.39 is 0 Å². The lowest BCUT2D eigenvalue weighted by molar-refractivity contribution is 0.116. The number of rotatable bonds is 6. The van der Waals surface area contributed by atoms with Crippen molar-refractivity contribution in [3.63, 3.8) is 0 Å². The van der Waals surface area contributed by atoms with Crippen LogP contribution in [0.1, 0.15) is 30.3 Å². The molecule has 2 aromatic rings. The van der Waals surface area contributed by atoms with Gasteiger partial charge in [-0.2, -0.15) is 0 Å². The molecule has 0 spiro atoms. The summed E-state index contributed by atoms with van der Waals surface area (Å²) in [5.41, 5.74) is 0.842. The molecule has 3 nitrogen and oxygen atoms in total. The topological polar surface area (TPSA) is 45.1 Å². The van der Waals surface area contributed by atoms with E-state index in [1.807, 2.05) is 12.1 Å². The number of nitrogens with zero attached hydrogens (tertiary/aromatic N) is 1. The molecule has 2 aromatic heterocycles. The molecular weight excluding hydrogens is 292 g/mol. The second kappa shape index (κ2) is 6.68. The Balaban J connectivity index is 2.11. The van der Waals surface area contributed by atoms with Crippen molar-refractivity contribution in [2.45, 2.75) is 26.4 Å². The number of halogens is 1. The summed E-state index contributed by atoms with van der Waals surface area (Å²) in [7, 11) is 0. The Morgan fingerprint density at radius 2 is 2.20 bits per heavy atom. The largest absolute Gasteiger partial charge is 0.396 e. The highest BCUT2D eigenvalue weighted by Gasteiger charge is 2.30. The van der Waals surface area contributed by atoms with Crippen LogP contribution in [-0.2, 0) is 6.54 Å². The fourth-order valence-corrected chi connectivity index (χ4v) is 3.16. The highest BCUT2D eigenvalue weighted by atomic mass is 35.5. The van der Waals surface area contributed by atoms with Gasteiger partial charge in [0.2, 0.25) is 0 Å². The van der Waals surface area contributed by atoms with E-state index in [1.54, 1.807) is 23.6 Å². The van der Waals surface area contributed by atoms with Gasteiger partial charge in [0.15, 0.2) is 0 Å². The van der Waals surface area contributed by atoms with Crippen LogP contribution in [0, 0.1) is 5.41 Å². The number of nitrogens with one attached hydrogen (secondary N) is 1. The molecule has 0 aromatic carbocycles. The van der Waals surface area contributed by atoms with Crippen LogP contribution in [0.5, 0.6) is 0 Å². The third-order valence-corrected chi connectivity index (χ3v) is 4.48. The van der Waals surface area contributed by atoms with Crippen molar-refractivity contribution in [3.05, 3.63) is 51.4 Å². The molecule has 0 aliphatic carbocycles. The van der Waals surface area contributed by atoms with Crippen LogP contribution in [0.3, 0.4) is 0 Å². The highest BCUT2D eigenvalue weighted by Crippen LogP contribution is 2.35. The van der Waals surface area contributed by atoms with Gasteiger partial charge >= 0.3 is 0 Å². The van der Waals surface area contributed by atoms with Gasteiger partial charge in [-0.25, -0.2) is 4.98 Å². The van der Waals surface area contributed by atoms with Crippen LogP contribution in [0.25, 0.3) is 0 Å². The van der Waals surface area contributed by atoms with E-state index in [9.17, 15) is 5.11 Å². The molecular formula is C15H19ClN2OS. The van der Waals surface area contributed by atoms with Gasteiger partial charge in [0.25, 0.3) is 0 Å². The highest BCUT2D eigenvalue weighted by molar-refractivity contribution is 7.10. The number of hydrogen-bond acceptors (Lipinski definition) is 4. The standard InChI is InChI=1S/C15H19ClN2OS/c1-15(2,10-19)14(12-4-3-7-20-12)18-9-11-5-6-13(16)17-8-11/h3-8,14,18-19H,9-10H2,1-2H3/t14-/m0/s1. The van der Waals surface area contributed by atoms with E-state index in [2.05, 4.69) is 35.6 Å². The average molecular weight is 311 g/mol. The Bertz CT molecular complexity index is 525. The molecule has 0 amide bonds. The van der Waals surface area contributed by atoms with Gasteiger partial charge in [-0.3, -0.25) is 0 Å². The fraction of sp³-hybridized carbons (Fsp3) is 0.400. The maximum Gasteiger partial charge on any atom is 0.129 e. The van der Waals surface area contributed by atoms with Crippen molar-refractivity contribution in [3.8, 4) is 0 Å². The second-order valence-corrected chi connectivity index (χ2v) is 6.83. The van der Waals surface area contributed by atoms with E-state index in [1.165, 1.54) is 4.88 Å². The maximum absolute atomic E-state index is 9.63. The number of aliphatic hydroxyl groups excluding tert-OH is 1. The van der Waals surface area contributed by atoms with Crippen molar-refractivity contribution in [1.29, 1.82) is 0 Å². The first kappa shape index (κ1) is 15.4. The average Bonchev–Trinajstić information content (AvgIpc) is 2.95. The lowest BCUT2D eigenvalue weighted by Gasteiger charge is -2.33. The zero-order chi connectivity index (χ0) is 14.6. The zero-order valence-electron chi connectivity index (χ0n) is 11.6. The quantitative estimate of drug-likeness (QED) is 0.801. The summed E-state index contributed by atoms with van der Waals surface area (Å²) in [6.07, 6.45) is 1.77. The van der Waals surface area contributed by atoms with E-state index >= 15 is 0 Å². The molecule has 1 atom stereocenters. The third-order valence-electron chi connectivity index (χ3n) is 3.32. The van der Waals surface area contributed by atoms with Crippen LogP contribution in [0.4, 0.5) is 0 Å². The van der Waals surface area contributed by atoms with Crippen molar-refractivity contribution >= 4 is 22.9 Å². The SMILES string of the molecule is CC(C)(CO)[C@@H](NCc1ccc(Cl)nc1)c1cccs1. The monoisotopic (exact) mass is 310 g/mol. The first-order valence-electron chi connectivity index (χ1n) is 6.51. The first-order valence-corrected chi connectivity index (χ1v) is 7.77. The minimum Gasteiger partial charge on any atom is -0.396 e. The smallest absolute Gasteiger partial charge is 0.129 e. The predicted molar refractivity (Wildman–Crippen MR) is 84.0 cm³/mol. The van der Waals surface area contributed by atoms with Crippen LogP contribution < -0.4 is 5.32 Å². The second-order valence-electron chi connectivity index (χ2n) is 5.47. The number of aliphatic hydroxyl groups is 1. The van der Waals surface area contributed by atoms with Gasteiger partial charge in [0, 0.05) is 29.1 Å². The first-order chi connectivity index (χ1) is 9.53. The van der Waals surface area contributed by atoms with Crippen LogP contribution in [-0.4, -0.2) is 16.7 Å². The lowest BCUT2D eigenvalue weighted by atomic mass is 9.84. The maximum atomic E-state index is 9.63. The third kappa shape index (κ3) is 3.79. The molecule has 2 rings (SSSR count). The molecule has 2 N–H and O–H groups in total. The van der Waals surface area contributed by atoms with E-state index in [4.69, 9.17) is 11.6 Å². The van der Waals surface area contributed by atoms with Gasteiger partial charge in [-0.05, 0) is 23.1 Å². The summed E-state index contributed by atoms with van der Waals surface area (Å²) in [4.78, 5) is 5.31. The molecule has 20 heavy (non-hydrogen) atoms. The minimum absolute atomic E-state index is 0.100. The Morgan fingerprint density at radius 3 is 2.75 bits per heavy atom. The molecule has 2 heterocycles. The summed E-state index contributed by atoms with van der Waals surface area (Å²) in [6.45, 7) is 4.94. The number of hydrogen-bond donors (Lipinski definition) is 2. The normalized spacial score (nSPS) is 13.4. The molecule has 0 aliphatic rings. The van der Waals surface area contributed by atoms with Crippen molar-refractivity contribution in [1.82, 2.24) is 10.3 Å². The summed E-state index contributed by atoms with van der Waals surface area (Å²) in [5.74, 6) is 0. The van der Waals surface area contributed by atoms with Gasteiger partial charge < -0.3 is 10.4 Å². The van der Waals surface area contributed by atoms with Gasteiger partial charge in [0.1, 0.15) is 5.15 Å². The molecule has 0 radical (unpaired) electrons. The molecule has 0 bridgehead atoms. The molecule has 0 saturated heterocycles. The molecule has 0 aliphatic heterocycles.